The number of nitrogens with zero attached hydrogens (tertiary/aromatic N) is 3. The van der Waals surface area contributed by atoms with Crippen molar-refractivity contribution in [1.82, 2.24) is 9.97 Å². The third kappa shape index (κ3) is 4.62. The van der Waals surface area contributed by atoms with Gasteiger partial charge in [0.1, 0.15) is 16.5 Å². The van der Waals surface area contributed by atoms with Crippen LogP contribution in [0.5, 0.6) is 0 Å². The number of aliphatic hydroxyl groups is 1. The van der Waals surface area contributed by atoms with Gasteiger partial charge in [-0.15, -0.1) is 0 Å². The first-order valence-electron chi connectivity index (χ1n) is 12.8. The van der Waals surface area contributed by atoms with Crippen molar-refractivity contribution < 1.29 is 13.7 Å². The maximum atomic E-state index is 14.1. The fourth-order valence-corrected chi connectivity index (χ4v) is 7.00. The Balaban J connectivity index is 1.38. The number of aliphatic hydroxyl groups excluding tert-OH is 1. The van der Waals surface area contributed by atoms with Gasteiger partial charge in [-0.3, -0.25) is 4.21 Å². The molecule has 8 heteroatoms. The summed E-state index contributed by atoms with van der Waals surface area (Å²) in [6.07, 6.45) is 4.55. The molecule has 3 heterocycles. The quantitative estimate of drug-likeness (QED) is 0.591. The van der Waals surface area contributed by atoms with E-state index in [1.807, 2.05) is 19.9 Å². The van der Waals surface area contributed by atoms with Gasteiger partial charge < -0.3 is 15.3 Å². The molecule has 2 aromatic rings. The van der Waals surface area contributed by atoms with Crippen LogP contribution >= 0.6 is 0 Å². The lowest BCUT2D eigenvalue weighted by Crippen LogP contribution is -2.36. The predicted octanol–water partition coefficient (Wildman–Crippen LogP) is 4.34. The Morgan fingerprint density at radius 1 is 1.26 bits per heavy atom. The average Bonchev–Trinajstić information content (AvgIpc) is 3.42. The van der Waals surface area contributed by atoms with Gasteiger partial charge in [-0.05, 0) is 66.4 Å². The molecular formula is C27H35FN4O2S. The first-order chi connectivity index (χ1) is 16.9. The fourth-order valence-electron chi connectivity index (χ4n) is 5.68. The highest BCUT2D eigenvalue weighted by Gasteiger charge is 2.33. The molecular weight excluding hydrogens is 463 g/mol. The highest BCUT2D eigenvalue weighted by Crippen LogP contribution is 2.43. The van der Waals surface area contributed by atoms with Crippen molar-refractivity contribution in [3.8, 4) is 0 Å². The normalized spacial score (nSPS) is 21.0. The molecule has 1 fully saturated rings. The van der Waals surface area contributed by atoms with Gasteiger partial charge in [-0.1, -0.05) is 32.4 Å². The van der Waals surface area contributed by atoms with E-state index in [2.05, 4.69) is 17.1 Å². The predicted molar refractivity (Wildman–Crippen MR) is 139 cm³/mol. The number of piperidine rings is 1. The standard InChI is InChI=1S/C27H35FN4O2S/c1-4-17-13-19-5-6-20(28)14-21(19)24(17)18-7-10-32(11-8-18)27-30-22-9-12-35(34)25(22)26(31-27)29-23(15-33)16(2)3/h5-6,14,16,18,23,33H,4,7-13,15H2,1-3H3,(H,29,30,31)/t23-,35?/m0/s1. The number of hydrogen-bond donors (Lipinski definition) is 2. The molecule has 1 aromatic heterocycles. The van der Waals surface area contributed by atoms with Crippen LogP contribution in [-0.4, -0.2) is 50.8 Å². The van der Waals surface area contributed by atoms with Crippen LogP contribution in [0.25, 0.3) is 5.57 Å². The monoisotopic (exact) mass is 498 g/mol. The third-order valence-electron chi connectivity index (χ3n) is 7.76. The summed E-state index contributed by atoms with van der Waals surface area (Å²) in [5, 5.41) is 13.2. The van der Waals surface area contributed by atoms with Crippen LogP contribution in [0.4, 0.5) is 16.2 Å². The highest BCUT2D eigenvalue weighted by atomic mass is 32.2. The number of hydrogen-bond acceptors (Lipinski definition) is 6. The molecule has 0 spiro atoms. The van der Waals surface area contributed by atoms with Gasteiger partial charge in [0.25, 0.3) is 0 Å². The van der Waals surface area contributed by atoms with E-state index in [9.17, 15) is 13.7 Å². The van der Waals surface area contributed by atoms with Crippen molar-refractivity contribution in [2.75, 3.05) is 35.7 Å². The molecule has 2 N–H and O–H groups in total. The van der Waals surface area contributed by atoms with Crippen LogP contribution < -0.4 is 10.2 Å². The van der Waals surface area contributed by atoms with Crippen molar-refractivity contribution in [2.45, 2.75) is 63.8 Å². The molecule has 2 atom stereocenters. The number of rotatable bonds is 7. The lowest BCUT2D eigenvalue weighted by Gasteiger charge is -2.34. The summed E-state index contributed by atoms with van der Waals surface area (Å²) in [5.74, 6) is 2.30. The molecule has 0 radical (unpaired) electrons. The second-order valence-electron chi connectivity index (χ2n) is 10.2. The molecule has 0 saturated carbocycles. The van der Waals surface area contributed by atoms with Gasteiger partial charge in [0.2, 0.25) is 5.95 Å². The molecule has 0 bridgehead atoms. The Morgan fingerprint density at radius 2 is 2.03 bits per heavy atom. The molecule has 188 valence electrons. The number of fused-ring (bicyclic) bond motifs is 2. The lowest BCUT2D eigenvalue weighted by atomic mass is 9.84. The zero-order chi connectivity index (χ0) is 24.7. The van der Waals surface area contributed by atoms with Crippen LogP contribution in [-0.2, 0) is 23.6 Å². The second-order valence-corrected chi connectivity index (χ2v) is 11.7. The van der Waals surface area contributed by atoms with E-state index in [0.717, 1.165) is 50.0 Å². The SMILES string of the molecule is CCC1=C(C2CCN(c3nc4c(c(N[C@@H](CO)C(C)C)n3)S(=O)CC4)CC2)c2cc(F)ccc2C1. The largest absolute Gasteiger partial charge is 0.394 e. The number of halogens is 1. The van der Waals surface area contributed by atoms with Gasteiger partial charge in [-0.2, -0.15) is 4.98 Å². The van der Waals surface area contributed by atoms with E-state index in [1.165, 1.54) is 16.7 Å². The average molecular weight is 499 g/mol. The molecule has 0 amide bonds. The van der Waals surface area contributed by atoms with Crippen molar-refractivity contribution in [3.05, 3.63) is 46.4 Å². The summed E-state index contributed by atoms with van der Waals surface area (Å²) in [5.41, 5.74) is 6.00. The Kier molecular flexibility index (Phi) is 6.95. The Labute approximate surface area is 209 Å². The number of aryl methyl sites for hydroxylation is 1. The first kappa shape index (κ1) is 24.4. The van der Waals surface area contributed by atoms with Crippen molar-refractivity contribution >= 4 is 28.1 Å². The lowest BCUT2D eigenvalue weighted by molar-refractivity contribution is 0.249. The molecule has 35 heavy (non-hydrogen) atoms. The maximum absolute atomic E-state index is 14.1. The van der Waals surface area contributed by atoms with E-state index in [4.69, 9.17) is 9.97 Å². The molecule has 1 unspecified atom stereocenters. The van der Waals surface area contributed by atoms with E-state index in [0.29, 0.717) is 34.8 Å². The van der Waals surface area contributed by atoms with Crippen molar-refractivity contribution in [3.63, 3.8) is 0 Å². The molecule has 2 aliphatic heterocycles. The summed E-state index contributed by atoms with van der Waals surface area (Å²) in [6, 6.07) is 5.07. The highest BCUT2D eigenvalue weighted by molar-refractivity contribution is 7.85. The van der Waals surface area contributed by atoms with Crippen LogP contribution in [0.2, 0.25) is 0 Å². The molecule has 1 saturated heterocycles. The van der Waals surface area contributed by atoms with Gasteiger partial charge >= 0.3 is 0 Å². The molecule has 1 aliphatic carbocycles. The summed E-state index contributed by atoms with van der Waals surface area (Å²) in [4.78, 5) is 12.6. The number of benzene rings is 1. The van der Waals surface area contributed by atoms with Crippen LogP contribution in [0, 0.1) is 17.7 Å². The zero-order valence-corrected chi connectivity index (χ0v) is 21.6. The minimum atomic E-state index is -1.11. The smallest absolute Gasteiger partial charge is 0.227 e. The minimum Gasteiger partial charge on any atom is -0.394 e. The van der Waals surface area contributed by atoms with E-state index < -0.39 is 10.8 Å². The summed E-state index contributed by atoms with van der Waals surface area (Å²) in [6.45, 7) is 7.92. The Hall–Kier alpha value is -2.32. The number of anilines is 2. The number of nitrogens with one attached hydrogen (secondary N) is 1. The molecule has 3 aliphatic rings. The van der Waals surface area contributed by atoms with Crippen LogP contribution in [0.1, 0.15) is 56.9 Å². The fraction of sp³-hybridized carbons (Fsp3) is 0.556. The van der Waals surface area contributed by atoms with Gasteiger partial charge in [0.05, 0.1) is 29.1 Å². The van der Waals surface area contributed by atoms with E-state index >= 15 is 0 Å². The van der Waals surface area contributed by atoms with Crippen molar-refractivity contribution in [2.24, 2.45) is 11.8 Å². The Morgan fingerprint density at radius 3 is 2.71 bits per heavy atom. The minimum absolute atomic E-state index is 0.0131. The third-order valence-corrected chi connectivity index (χ3v) is 9.22. The van der Waals surface area contributed by atoms with Gasteiger partial charge in [0, 0.05) is 25.3 Å². The van der Waals surface area contributed by atoms with Gasteiger partial charge in [-0.25, -0.2) is 9.37 Å². The topological polar surface area (TPSA) is 78.3 Å². The molecule has 5 rings (SSSR count). The number of aromatic nitrogens is 2. The Bertz CT molecular complexity index is 1170. The van der Waals surface area contributed by atoms with Crippen LogP contribution in [0.3, 0.4) is 0 Å². The summed E-state index contributed by atoms with van der Waals surface area (Å²) >= 11 is 0. The van der Waals surface area contributed by atoms with Crippen LogP contribution in [0.15, 0.2) is 28.7 Å². The zero-order valence-electron chi connectivity index (χ0n) is 20.8. The van der Waals surface area contributed by atoms with Crippen molar-refractivity contribution in [1.29, 1.82) is 0 Å². The summed E-state index contributed by atoms with van der Waals surface area (Å²) < 4.78 is 26.7. The van der Waals surface area contributed by atoms with E-state index in [-0.39, 0.29) is 24.4 Å². The number of allylic oxidation sites excluding steroid dienone is 2. The second kappa shape index (κ2) is 9.97. The first-order valence-corrected chi connectivity index (χ1v) is 14.1. The maximum Gasteiger partial charge on any atom is 0.227 e. The summed E-state index contributed by atoms with van der Waals surface area (Å²) in [7, 11) is -1.11. The van der Waals surface area contributed by atoms with Gasteiger partial charge in [0.15, 0.2) is 0 Å². The van der Waals surface area contributed by atoms with E-state index in [1.54, 1.807) is 12.1 Å². The molecule has 1 aromatic carbocycles. The molecule has 6 nitrogen and oxygen atoms in total.